The number of amides is 2. The minimum absolute atomic E-state index is 0.0134. The fraction of sp³-hybridized carbons (Fsp3) is 0.200. The summed E-state index contributed by atoms with van der Waals surface area (Å²) in [7, 11) is -1.47. The van der Waals surface area contributed by atoms with Gasteiger partial charge in [0.25, 0.3) is 15.9 Å². The molecule has 184 valence electrons. The lowest BCUT2D eigenvalue weighted by molar-refractivity contribution is -0.139. The van der Waals surface area contributed by atoms with Crippen molar-refractivity contribution in [3.05, 3.63) is 90.2 Å². The highest BCUT2D eigenvalue weighted by molar-refractivity contribution is 7.89. The molecular formula is C25H26FN3O5S. The first-order valence-electron chi connectivity index (χ1n) is 10.7. The molecule has 0 aliphatic carbocycles. The number of nitrogens with zero attached hydrogens (tertiary/aromatic N) is 2. The first kappa shape index (κ1) is 25.9. The summed E-state index contributed by atoms with van der Waals surface area (Å²) in [5.74, 6) is -1.67. The Morgan fingerprint density at radius 2 is 1.57 bits per heavy atom. The summed E-state index contributed by atoms with van der Waals surface area (Å²) < 4.78 is 45.3. The molecule has 8 nitrogen and oxygen atoms in total. The quantitative estimate of drug-likeness (QED) is 0.457. The van der Waals surface area contributed by atoms with E-state index < -0.39 is 38.6 Å². The predicted molar refractivity (Wildman–Crippen MR) is 130 cm³/mol. The van der Waals surface area contributed by atoms with Gasteiger partial charge in [-0.1, -0.05) is 42.5 Å². The minimum atomic E-state index is -4.51. The van der Waals surface area contributed by atoms with Gasteiger partial charge in [-0.2, -0.15) is 0 Å². The lowest BCUT2D eigenvalue weighted by Gasteiger charge is -2.33. The smallest absolute Gasteiger partial charge is 0.260 e. The van der Waals surface area contributed by atoms with Gasteiger partial charge < -0.3 is 9.64 Å². The molecule has 0 aliphatic rings. The average Bonchev–Trinajstić information content (AvgIpc) is 2.86. The van der Waals surface area contributed by atoms with Crippen LogP contribution in [0.2, 0.25) is 0 Å². The number of nitrogens with one attached hydrogen (secondary N) is 1. The maximum atomic E-state index is 14.2. The molecule has 3 rings (SSSR count). The van der Waals surface area contributed by atoms with Crippen LogP contribution in [0.5, 0.6) is 5.75 Å². The van der Waals surface area contributed by atoms with Crippen LogP contribution in [0.3, 0.4) is 0 Å². The number of carbonyl (C=O) groups is 2. The molecule has 0 heterocycles. The molecule has 0 aromatic heterocycles. The maximum Gasteiger partial charge on any atom is 0.260 e. The van der Waals surface area contributed by atoms with Gasteiger partial charge in [-0.3, -0.25) is 14.6 Å². The van der Waals surface area contributed by atoms with Crippen LogP contribution in [0.4, 0.5) is 10.1 Å². The zero-order valence-electron chi connectivity index (χ0n) is 19.5. The number of anilines is 1. The molecular weight excluding hydrogens is 473 g/mol. The number of ether oxygens (including phenoxy) is 1. The van der Waals surface area contributed by atoms with Crippen LogP contribution in [0.15, 0.2) is 83.8 Å². The molecule has 0 radical (unpaired) electrons. The van der Waals surface area contributed by atoms with Gasteiger partial charge in [-0.25, -0.2) is 12.8 Å². The second-order valence-corrected chi connectivity index (χ2v) is 9.34. The summed E-state index contributed by atoms with van der Waals surface area (Å²) in [6, 6.07) is 19.1. The SMILES string of the molecule is COc1ccc(N(C)C(=O)[C@H](Cc2ccccc2)N(NS(=O)(=O)c2ccccc2F)C(C)=O)cc1. The molecule has 3 aromatic carbocycles. The molecule has 0 saturated heterocycles. The number of halogens is 1. The van der Waals surface area contributed by atoms with E-state index in [1.165, 1.54) is 31.2 Å². The highest BCUT2D eigenvalue weighted by Crippen LogP contribution is 2.22. The van der Waals surface area contributed by atoms with Crippen molar-refractivity contribution in [2.75, 3.05) is 19.1 Å². The van der Waals surface area contributed by atoms with Crippen molar-refractivity contribution in [3.8, 4) is 5.75 Å². The number of rotatable bonds is 9. The molecule has 0 fully saturated rings. The van der Waals surface area contributed by atoms with Crippen LogP contribution in [0.25, 0.3) is 0 Å². The molecule has 1 atom stereocenters. The molecule has 35 heavy (non-hydrogen) atoms. The van der Waals surface area contributed by atoms with Gasteiger partial charge in [0.15, 0.2) is 0 Å². The number of methoxy groups -OCH3 is 1. The van der Waals surface area contributed by atoms with Gasteiger partial charge in [0.1, 0.15) is 22.5 Å². The number of hydrazine groups is 1. The van der Waals surface area contributed by atoms with Crippen molar-refractivity contribution >= 4 is 27.5 Å². The van der Waals surface area contributed by atoms with Crippen LogP contribution in [0.1, 0.15) is 12.5 Å². The molecule has 0 aliphatic heterocycles. The molecule has 0 unspecified atom stereocenters. The maximum absolute atomic E-state index is 14.2. The van der Waals surface area contributed by atoms with E-state index in [9.17, 15) is 22.4 Å². The second-order valence-electron chi connectivity index (χ2n) is 7.71. The Labute approximate surface area is 204 Å². The average molecular weight is 500 g/mol. The van der Waals surface area contributed by atoms with E-state index >= 15 is 0 Å². The van der Waals surface area contributed by atoms with Crippen molar-refractivity contribution in [1.82, 2.24) is 9.84 Å². The molecule has 0 saturated carbocycles. The summed E-state index contributed by atoms with van der Waals surface area (Å²) in [6.45, 7) is 1.13. The van der Waals surface area contributed by atoms with E-state index in [2.05, 4.69) is 4.83 Å². The normalized spacial score (nSPS) is 12.0. The van der Waals surface area contributed by atoms with Crippen LogP contribution < -0.4 is 14.5 Å². The zero-order chi connectivity index (χ0) is 25.6. The van der Waals surface area contributed by atoms with Crippen LogP contribution >= 0.6 is 0 Å². The fourth-order valence-corrected chi connectivity index (χ4v) is 4.67. The Balaban J connectivity index is 2.00. The van der Waals surface area contributed by atoms with E-state index in [0.717, 1.165) is 24.1 Å². The van der Waals surface area contributed by atoms with Crippen LogP contribution in [-0.2, 0) is 26.0 Å². The van der Waals surface area contributed by atoms with Crippen molar-refractivity contribution in [2.24, 2.45) is 0 Å². The van der Waals surface area contributed by atoms with Crippen LogP contribution in [0, 0.1) is 5.82 Å². The standard InChI is InChI=1S/C25H26FN3O5S/c1-18(30)29(27-35(32,33)24-12-8-7-11-22(24)26)23(17-19-9-5-4-6-10-19)25(31)28(2)20-13-15-21(34-3)16-14-20/h4-16,23,27H,17H2,1-3H3/t23-/m0/s1. The van der Waals surface area contributed by atoms with E-state index in [-0.39, 0.29) is 6.42 Å². The number of hydrogen-bond donors (Lipinski definition) is 1. The predicted octanol–water partition coefficient (Wildman–Crippen LogP) is 3.15. The van der Waals surface area contributed by atoms with Gasteiger partial charge in [-0.15, -0.1) is 4.83 Å². The Kier molecular flexibility index (Phi) is 8.21. The number of carbonyl (C=O) groups excluding carboxylic acids is 2. The fourth-order valence-electron chi connectivity index (χ4n) is 3.47. The Morgan fingerprint density at radius 1 is 0.971 bits per heavy atom. The largest absolute Gasteiger partial charge is 0.497 e. The molecule has 3 aromatic rings. The van der Waals surface area contributed by atoms with Gasteiger partial charge in [0, 0.05) is 26.1 Å². The van der Waals surface area contributed by atoms with Crippen molar-refractivity contribution in [2.45, 2.75) is 24.3 Å². The Morgan fingerprint density at radius 3 is 2.14 bits per heavy atom. The first-order chi connectivity index (χ1) is 16.6. The van der Waals surface area contributed by atoms with Gasteiger partial charge in [0.05, 0.1) is 7.11 Å². The molecule has 10 heteroatoms. The number of benzene rings is 3. The topological polar surface area (TPSA) is 96.0 Å². The minimum Gasteiger partial charge on any atom is -0.497 e. The van der Waals surface area contributed by atoms with Crippen molar-refractivity contribution < 1.29 is 27.1 Å². The van der Waals surface area contributed by atoms with E-state index in [1.807, 2.05) is 0 Å². The third kappa shape index (κ3) is 6.23. The van der Waals surface area contributed by atoms with Gasteiger partial charge in [-0.05, 0) is 42.0 Å². The van der Waals surface area contributed by atoms with Gasteiger partial charge in [0.2, 0.25) is 5.91 Å². The van der Waals surface area contributed by atoms with Crippen molar-refractivity contribution in [1.29, 1.82) is 0 Å². The summed E-state index contributed by atoms with van der Waals surface area (Å²) in [6.07, 6.45) is 0.0134. The number of likely N-dealkylation sites (N-methyl/N-ethyl adjacent to an activating group) is 1. The number of sulfonamides is 1. The molecule has 1 N–H and O–H groups in total. The third-order valence-electron chi connectivity index (χ3n) is 5.34. The van der Waals surface area contributed by atoms with Crippen molar-refractivity contribution in [3.63, 3.8) is 0 Å². The first-order valence-corrected chi connectivity index (χ1v) is 12.1. The lowest BCUT2D eigenvalue weighted by Crippen LogP contribution is -2.57. The van der Waals surface area contributed by atoms with E-state index in [1.54, 1.807) is 54.6 Å². The Hall–Kier alpha value is -3.76. The Bertz CT molecular complexity index is 1280. The van der Waals surface area contributed by atoms with Crippen LogP contribution in [-0.4, -0.2) is 45.4 Å². The van der Waals surface area contributed by atoms with E-state index in [0.29, 0.717) is 17.0 Å². The summed E-state index contributed by atoms with van der Waals surface area (Å²) >= 11 is 0. The number of hydrogen-bond acceptors (Lipinski definition) is 5. The summed E-state index contributed by atoms with van der Waals surface area (Å²) in [4.78, 5) is 29.1. The highest BCUT2D eigenvalue weighted by Gasteiger charge is 2.35. The monoisotopic (exact) mass is 499 g/mol. The van der Waals surface area contributed by atoms with Gasteiger partial charge >= 0.3 is 0 Å². The summed E-state index contributed by atoms with van der Waals surface area (Å²) in [5, 5.41) is 0.733. The second kappa shape index (κ2) is 11.1. The highest BCUT2D eigenvalue weighted by atomic mass is 32.2. The zero-order valence-corrected chi connectivity index (χ0v) is 20.3. The third-order valence-corrected chi connectivity index (χ3v) is 6.69. The lowest BCUT2D eigenvalue weighted by atomic mass is 10.0. The summed E-state index contributed by atoms with van der Waals surface area (Å²) in [5.41, 5.74) is 1.21. The molecule has 0 bridgehead atoms. The molecule has 0 spiro atoms. The van der Waals surface area contributed by atoms with E-state index in [4.69, 9.17) is 4.74 Å². The molecule has 2 amide bonds.